The van der Waals surface area contributed by atoms with Crippen molar-refractivity contribution >= 4 is 17.0 Å². The number of fused-ring (bicyclic) bond motifs is 1. The van der Waals surface area contributed by atoms with Crippen molar-refractivity contribution in [2.75, 3.05) is 20.0 Å². The van der Waals surface area contributed by atoms with Crippen LogP contribution in [0, 0.1) is 0 Å². The summed E-state index contributed by atoms with van der Waals surface area (Å²) in [6.07, 6.45) is 3.38. The maximum Gasteiger partial charge on any atom is 0.201 e. The van der Waals surface area contributed by atoms with Crippen LogP contribution in [0.1, 0.15) is 19.3 Å². The van der Waals surface area contributed by atoms with E-state index in [1.165, 1.54) is 6.42 Å². The zero-order valence-electron chi connectivity index (χ0n) is 11.3. The Balaban J connectivity index is 2.01. The highest BCUT2D eigenvalue weighted by molar-refractivity contribution is 5.79. The predicted molar refractivity (Wildman–Crippen MR) is 74.3 cm³/mol. The molecule has 1 fully saturated rings. The van der Waals surface area contributed by atoms with Crippen LogP contribution in [0.25, 0.3) is 11.0 Å². The highest BCUT2D eigenvalue weighted by atomic mass is 16.5. The van der Waals surface area contributed by atoms with Gasteiger partial charge in [-0.2, -0.15) is 0 Å². The zero-order valence-corrected chi connectivity index (χ0v) is 11.3. The SMILES string of the molecule is COc1ccc2c(c1)nc(N)n2CC1(OC)CCC1. The molecule has 3 rings (SSSR count). The number of imidazole rings is 1. The number of rotatable bonds is 4. The molecule has 19 heavy (non-hydrogen) atoms. The summed E-state index contributed by atoms with van der Waals surface area (Å²) < 4.78 is 12.9. The van der Waals surface area contributed by atoms with Crippen molar-refractivity contribution < 1.29 is 9.47 Å². The molecule has 0 bridgehead atoms. The van der Waals surface area contributed by atoms with Gasteiger partial charge >= 0.3 is 0 Å². The van der Waals surface area contributed by atoms with Crippen molar-refractivity contribution in [2.45, 2.75) is 31.4 Å². The monoisotopic (exact) mass is 261 g/mol. The lowest BCUT2D eigenvalue weighted by atomic mass is 9.80. The number of hydrogen-bond acceptors (Lipinski definition) is 4. The Bertz CT molecular complexity index is 596. The smallest absolute Gasteiger partial charge is 0.201 e. The van der Waals surface area contributed by atoms with Gasteiger partial charge in [0.15, 0.2) is 0 Å². The highest BCUT2D eigenvalue weighted by Crippen LogP contribution is 2.38. The van der Waals surface area contributed by atoms with Crippen LogP contribution in [0.15, 0.2) is 18.2 Å². The summed E-state index contributed by atoms with van der Waals surface area (Å²) >= 11 is 0. The number of anilines is 1. The lowest BCUT2D eigenvalue weighted by Gasteiger charge is -2.40. The Kier molecular flexibility index (Phi) is 2.86. The second-order valence-electron chi connectivity index (χ2n) is 5.15. The first-order valence-corrected chi connectivity index (χ1v) is 6.52. The Morgan fingerprint density at radius 3 is 2.74 bits per heavy atom. The summed E-state index contributed by atoms with van der Waals surface area (Å²) in [7, 11) is 3.42. The van der Waals surface area contributed by atoms with Crippen LogP contribution < -0.4 is 10.5 Å². The molecule has 2 N–H and O–H groups in total. The largest absolute Gasteiger partial charge is 0.497 e. The van der Waals surface area contributed by atoms with Crippen LogP contribution in [0.2, 0.25) is 0 Å². The fraction of sp³-hybridized carbons (Fsp3) is 0.500. The van der Waals surface area contributed by atoms with Crippen molar-refractivity contribution in [1.29, 1.82) is 0 Å². The van der Waals surface area contributed by atoms with E-state index < -0.39 is 0 Å². The maximum absolute atomic E-state index is 6.04. The fourth-order valence-electron chi connectivity index (χ4n) is 2.71. The molecule has 0 saturated heterocycles. The van der Waals surface area contributed by atoms with E-state index in [4.69, 9.17) is 15.2 Å². The van der Waals surface area contributed by atoms with Gasteiger partial charge in [0.2, 0.25) is 5.95 Å². The molecule has 102 valence electrons. The number of aromatic nitrogens is 2. The van der Waals surface area contributed by atoms with E-state index in [2.05, 4.69) is 4.98 Å². The van der Waals surface area contributed by atoms with Gasteiger partial charge in [0.1, 0.15) is 5.75 Å². The van der Waals surface area contributed by atoms with Crippen LogP contribution in [0.5, 0.6) is 5.75 Å². The van der Waals surface area contributed by atoms with Crippen molar-refractivity contribution in [3.8, 4) is 5.75 Å². The van der Waals surface area contributed by atoms with Gasteiger partial charge in [0, 0.05) is 13.2 Å². The minimum atomic E-state index is -0.0678. The Labute approximate surface area is 112 Å². The third-order valence-corrected chi connectivity index (χ3v) is 4.13. The summed E-state index contributed by atoms with van der Waals surface area (Å²) in [5.74, 6) is 1.33. The third-order valence-electron chi connectivity index (χ3n) is 4.13. The molecule has 2 aromatic rings. The summed E-state index contributed by atoms with van der Waals surface area (Å²) in [5, 5.41) is 0. The predicted octanol–water partition coefficient (Wildman–Crippen LogP) is 2.20. The van der Waals surface area contributed by atoms with E-state index in [0.29, 0.717) is 5.95 Å². The first kappa shape index (κ1) is 12.3. The molecule has 0 atom stereocenters. The Morgan fingerprint density at radius 1 is 1.37 bits per heavy atom. The van der Waals surface area contributed by atoms with Gasteiger partial charge in [0.25, 0.3) is 0 Å². The van der Waals surface area contributed by atoms with E-state index >= 15 is 0 Å². The summed E-state index contributed by atoms with van der Waals surface area (Å²) in [4.78, 5) is 4.40. The topological polar surface area (TPSA) is 62.3 Å². The van der Waals surface area contributed by atoms with Gasteiger partial charge in [-0.15, -0.1) is 0 Å². The first-order chi connectivity index (χ1) is 9.17. The zero-order chi connectivity index (χ0) is 13.5. The van der Waals surface area contributed by atoms with E-state index in [-0.39, 0.29) is 5.60 Å². The van der Waals surface area contributed by atoms with Gasteiger partial charge in [-0.05, 0) is 31.4 Å². The van der Waals surface area contributed by atoms with Crippen molar-refractivity contribution in [2.24, 2.45) is 0 Å². The number of hydrogen-bond donors (Lipinski definition) is 1. The molecule has 1 aromatic carbocycles. The van der Waals surface area contributed by atoms with Gasteiger partial charge in [-0.25, -0.2) is 4.98 Å². The minimum Gasteiger partial charge on any atom is -0.497 e. The highest BCUT2D eigenvalue weighted by Gasteiger charge is 2.38. The average Bonchev–Trinajstić information content (AvgIpc) is 2.68. The van der Waals surface area contributed by atoms with Crippen molar-refractivity contribution in [3.63, 3.8) is 0 Å². The molecule has 1 aliphatic rings. The molecular formula is C14H19N3O2. The van der Waals surface area contributed by atoms with E-state index in [1.54, 1.807) is 14.2 Å². The molecule has 1 aliphatic carbocycles. The minimum absolute atomic E-state index is 0.0678. The number of nitrogens with two attached hydrogens (primary N) is 1. The van der Waals surface area contributed by atoms with Gasteiger partial charge in [0.05, 0.1) is 30.3 Å². The molecule has 5 heteroatoms. The standard InChI is InChI=1S/C14H19N3O2/c1-18-10-4-5-12-11(8-10)16-13(15)17(12)9-14(19-2)6-3-7-14/h4-5,8H,3,6-7,9H2,1-2H3,(H2,15,16). The molecule has 1 aromatic heterocycles. The first-order valence-electron chi connectivity index (χ1n) is 6.52. The molecule has 0 aliphatic heterocycles. The second kappa shape index (κ2) is 4.42. The molecule has 0 radical (unpaired) electrons. The molecule has 5 nitrogen and oxygen atoms in total. The van der Waals surface area contributed by atoms with Crippen LogP contribution >= 0.6 is 0 Å². The Morgan fingerprint density at radius 2 is 2.16 bits per heavy atom. The fourth-order valence-corrected chi connectivity index (χ4v) is 2.71. The Hall–Kier alpha value is -1.75. The van der Waals surface area contributed by atoms with Crippen molar-refractivity contribution in [3.05, 3.63) is 18.2 Å². The molecular weight excluding hydrogens is 242 g/mol. The van der Waals surface area contributed by atoms with Crippen LogP contribution in [-0.2, 0) is 11.3 Å². The maximum atomic E-state index is 6.04. The van der Waals surface area contributed by atoms with E-state index in [9.17, 15) is 0 Å². The van der Waals surface area contributed by atoms with Gasteiger partial charge in [-0.3, -0.25) is 0 Å². The van der Waals surface area contributed by atoms with E-state index in [0.717, 1.165) is 36.2 Å². The molecule has 0 spiro atoms. The number of methoxy groups -OCH3 is 2. The second-order valence-corrected chi connectivity index (χ2v) is 5.15. The van der Waals surface area contributed by atoms with Crippen molar-refractivity contribution in [1.82, 2.24) is 9.55 Å². The average molecular weight is 261 g/mol. The van der Waals surface area contributed by atoms with E-state index in [1.807, 2.05) is 22.8 Å². The number of benzene rings is 1. The van der Waals surface area contributed by atoms with Crippen LogP contribution in [-0.4, -0.2) is 29.4 Å². The van der Waals surface area contributed by atoms with Crippen LogP contribution in [0.3, 0.4) is 0 Å². The van der Waals surface area contributed by atoms with Gasteiger partial charge < -0.3 is 19.8 Å². The van der Waals surface area contributed by atoms with Gasteiger partial charge in [-0.1, -0.05) is 0 Å². The normalized spacial score (nSPS) is 17.4. The van der Waals surface area contributed by atoms with Crippen LogP contribution in [0.4, 0.5) is 5.95 Å². The molecule has 0 amide bonds. The molecule has 1 saturated carbocycles. The third kappa shape index (κ3) is 1.94. The lowest BCUT2D eigenvalue weighted by molar-refractivity contribution is -0.0824. The number of nitrogen functional groups attached to an aromatic ring is 1. The quantitative estimate of drug-likeness (QED) is 0.916. The number of nitrogens with zero attached hydrogens (tertiary/aromatic N) is 2. The summed E-state index contributed by atoms with van der Waals surface area (Å²) in [5.41, 5.74) is 7.87. The molecule has 1 heterocycles. The molecule has 0 unspecified atom stereocenters. The summed E-state index contributed by atoms with van der Waals surface area (Å²) in [6, 6.07) is 5.84. The number of ether oxygens (including phenoxy) is 2. The lowest BCUT2D eigenvalue weighted by Crippen LogP contribution is -2.43. The summed E-state index contributed by atoms with van der Waals surface area (Å²) in [6.45, 7) is 0.762.